The molecule has 1 amide bonds. The van der Waals surface area contributed by atoms with Crippen molar-refractivity contribution in [3.8, 4) is 0 Å². The van der Waals surface area contributed by atoms with Gasteiger partial charge in [0.1, 0.15) is 0 Å². The number of furan rings is 1. The second-order valence-electron chi connectivity index (χ2n) is 8.49. The SMILES string of the molecule is O=C(NCc1ccoc1)[C@H]1CCCN(C2CCN(CCc3ccccc3)CC2)C1. The molecule has 1 aromatic heterocycles. The fourth-order valence-electron chi connectivity index (χ4n) is 4.72. The van der Waals surface area contributed by atoms with Crippen molar-refractivity contribution in [3.63, 3.8) is 0 Å². The van der Waals surface area contributed by atoms with Gasteiger partial charge in [-0.3, -0.25) is 9.69 Å². The van der Waals surface area contributed by atoms with Crippen LogP contribution in [0.5, 0.6) is 0 Å². The number of nitrogens with one attached hydrogen (secondary N) is 1. The van der Waals surface area contributed by atoms with E-state index in [2.05, 4.69) is 45.4 Å². The Balaban J connectivity index is 1.19. The largest absolute Gasteiger partial charge is 0.472 e. The first-order chi connectivity index (χ1) is 14.3. The number of hydrogen-bond acceptors (Lipinski definition) is 4. The van der Waals surface area contributed by atoms with Gasteiger partial charge >= 0.3 is 0 Å². The maximum absolute atomic E-state index is 12.6. The van der Waals surface area contributed by atoms with Gasteiger partial charge < -0.3 is 14.6 Å². The molecule has 0 unspecified atom stereocenters. The zero-order valence-electron chi connectivity index (χ0n) is 17.3. The maximum Gasteiger partial charge on any atom is 0.224 e. The molecule has 0 radical (unpaired) electrons. The molecule has 0 saturated carbocycles. The van der Waals surface area contributed by atoms with Gasteiger partial charge in [0.15, 0.2) is 0 Å². The molecule has 2 aliphatic heterocycles. The summed E-state index contributed by atoms with van der Waals surface area (Å²) in [5, 5.41) is 3.08. The van der Waals surface area contributed by atoms with Crippen molar-refractivity contribution in [3.05, 3.63) is 60.1 Å². The van der Waals surface area contributed by atoms with Crippen molar-refractivity contribution < 1.29 is 9.21 Å². The molecule has 0 aliphatic carbocycles. The average Bonchev–Trinajstić information content (AvgIpc) is 3.31. The predicted molar refractivity (Wildman–Crippen MR) is 114 cm³/mol. The second kappa shape index (κ2) is 10.1. The van der Waals surface area contributed by atoms with Gasteiger partial charge in [0.2, 0.25) is 5.91 Å². The highest BCUT2D eigenvalue weighted by molar-refractivity contribution is 5.78. The number of carbonyl (C=O) groups excluding carboxylic acids is 1. The minimum absolute atomic E-state index is 0.117. The van der Waals surface area contributed by atoms with Crippen LogP contribution in [0.25, 0.3) is 0 Å². The minimum atomic E-state index is 0.117. The number of likely N-dealkylation sites (tertiary alicyclic amines) is 2. The Kier molecular flexibility index (Phi) is 7.01. The third-order valence-electron chi connectivity index (χ3n) is 6.50. The van der Waals surface area contributed by atoms with E-state index >= 15 is 0 Å². The highest BCUT2D eigenvalue weighted by Crippen LogP contribution is 2.24. The summed E-state index contributed by atoms with van der Waals surface area (Å²) in [6.07, 6.45) is 9.04. The molecule has 1 aromatic carbocycles. The van der Waals surface area contributed by atoms with E-state index in [1.54, 1.807) is 12.5 Å². The number of rotatable bonds is 7. The van der Waals surface area contributed by atoms with Crippen LogP contribution in [-0.2, 0) is 17.8 Å². The van der Waals surface area contributed by atoms with Crippen molar-refractivity contribution in [2.24, 2.45) is 5.92 Å². The van der Waals surface area contributed by atoms with Crippen LogP contribution in [-0.4, -0.2) is 54.5 Å². The van der Waals surface area contributed by atoms with Crippen LogP contribution in [0.15, 0.2) is 53.3 Å². The van der Waals surface area contributed by atoms with E-state index in [-0.39, 0.29) is 11.8 Å². The van der Waals surface area contributed by atoms with Gasteiger partial charge in [-0.1, -0.05) is 30.3 Å². The fourth-order valence-corrected chi connectivity index (χ4v) is 4.72. The lowest BCUT2D eigenvalue weighted by molar-refractivity contribution is -0.127. The Hall–Kier alpha value is -2.11. The highest BCUT2D eigenvalue weighted by Gasteiger charge is 2.31. The molecule has 29 heavy (non-hydrogen) atoms. The second-order valence-corrected chi connectivity index (χ2v) is 8.49. The molecular formula is C24H33N3O2. The molecule has 2 aromatic rings. The molecule has 3 heterocycles. The van der Waals surface area contributed by atoms with Gasteiger partial charge in [0.25, 0.3) is 0 Å². The van der Waals surface area contributed by atoms with E-state index in [1.807, 2.05) is 6.07 Å². The van der Waals surface area contributed by atoms with E-state index in [9.17, 15) is 4.79 Å². The Morgan fingerprint density at radius 2 is 1.86 bits per heavy atom. The van der Waals surface area contributed by atoms with Crippen LogP contribution in [0.1, 0.15) is 36.8 Å². The van der Waals surface area contributed by atoms with Crippen LogP contribution in [0.4, 0.5) is 0 Å². The van der Waals surface area contributed by atoms with Gasteiger partial charge in [-0.2, -0.15) is 0 Å². The summed E-state index contributed by atoms with van der Waals surface area (Å²) >= 11 is 0. The monoisotopic (exact) mass is 395 g/mol. The summed E-state index contributed by atoms with van der Waals surface area (Å²) in [4.78, 5) is 17.8. The highest BCUT2D eigenvalue weighted by atomic mass is 16.3. The molecule has 5 nitrogen and oxygen atoms in total. The van der Waals surface area contributed by atoms with E-state index in [0.29, 0.717) is 12.6 Å². The molecule has 1 atom stereocenters. The molecule has 156 valence electrons. The van der Waals surface area contributed by atoms with Gasteiger partial charge in [-0.25, -0.2) is 0 Å². The number of amides is 1. The Morgan fingerprint density at radius 1 is 1.03 bits per heavy atom. The lowest BCUT2D eigenvalue weighted by Crippen LogP contribution is -2.50. The third kappa shape index (κ3) is 5.71. The van der Waals surface area contributed by atoms with Crippen LogP contribution in [0.3, 0.4) is 0 Å². The summed E-state index contributed by atoms with van der Waals surface area (Å²) in [7, 11) is 0. The number of piperidine rings is 2. The van der Waals surface area contributed by atoms with Gasteiger partial charge in [0, 0.05) is 31.2 Å². The summed E-state index contributed by atoms with van der Waals surface area (Å²) in [6.45, 7) is 6.10. The fraction of sp³-hybridized carbons (Fsp3) is 0.542. The normalized spacial score (nSPS) is 21.9. The zero-order chi connectivity index (χ0) is 19.9. The molecule has 5 heteroatoms. The van der Waals surface area contributed by atoms with Gasteiger partial charge in [0.05, 0.1) is 18.4 Å². The number of nitrogens with zero attached hydrogens (tertiary/aromatic N) is 2. The van der Waals surface area contributed by atoms with E-state index in [0.717, 1.165) is 44.5 Å². The maximum atomic E-state index is 12.6. The molecule has 0 bridgehead atoms. The van der Waals surface area contributed by atoms with Crippen LogP contribution < -0.4 is 5.32 Å². The molecule has 2 aliphatic rings. The summed E-state index contributed by atoms with van der Waals surface area (Å²) < 4.78 is 5.08. The van der Waals surface area contributed by atoms with Crippen molar-refractivity contribution in [2.75, 3.05) is 32.7 Å². The summed E-state index contributed by atoms with van der Waals surface area (Å²) in [5.74, 6) is 0.308. The first-order valence-corrected chi connectivity index (χ1v) is 11.1. The van der Waals surface area contributed by atoms with Crippen LogP contribution in [0, 0.1) is 5.92 Å². The Labute approximate surface area is 174 Å². The first kappa shape index (κ1) is 20.2. The van der Waals surface area contributed by atoms with Crippen LogP contribution in [0.2, 0.25) is 0 Å². The Bertz CT molecular complexity index is 739. The predicted octanol–water partition coefficient (Wildman–Crippen LogP) is 3.31. The minimum Gasteiger partial charge on any atom is -0.472 e. The number of benzene rings is 1. The van der Waals surface area contributed by atoms with E-state index < -0.39 is 0 Å². The molecule has 2 fully saturated rings. The summed E-state index contributed by atoms with van der Waals surface area (Å²) in [5.41, 5.74) is 2.45. The lowest BCUT2D eigenvalue weighted by Gasteiger charge is -2.42. The lowest BCUT2D eigenvalue weighted by atomic mass is 9.93. The molecule has 4 rings (SSSR count). The number of carbonyl (C=O) groups is 1. The Morgan fingerprint density at radius 3 is 2.62 bits per heavy atom. The first-order valence-electron chi connectivity index (χ1n) is 11.1. The molecule has 1 N–H and O–H groups in total. The quantitative estimate of drug-likeness (QED) is 0.781. The topological polar surface area (TPSA) is 48.7 Å². The van der Waals surface area contributed by atoms with Crippen LogP contribution >= 0.6 is 0 Å². The van der Waals surface area contributed by atoms with Gasteiger partial charge in [-0.05, 0) is 63.4 Å². The van der Waals surface area contributed by atoms with Crippen molar-refractivity contribution in [1.82, 2.24) is 15.1 Å². The smallest absolute Gasteiger partial charge is 0.224 e. The van der Waals surface area contributed by atoms with E-state index in [1.165, 1.54) is 31.5 Å². The van der Waals surface area contributed by atoms with Gasteiger partial charge in [-0.15, -0.1) is 0 Å². The van der Waals surface area contributed by atoms with Crippen molar-refractivity contribution in [1.29, 1.82) is 0 Å². The molecule has 2 saturated heterocycles. The summed E-state index contributed by atoms with van der Waals surface area (Å²) in [6, 6.07) is 13.3. The average molecular weight is 396 g/mol. The molecule has 0 spiro atoms. The molecular weight excluding hydrogens is 362 g/mol. The van der Waals surface area contributed by atoms with Crippen molar-refractivity contribution in [2.45, 2.75) is 44.7 Å². The van der Waals surface area contributed by atoms with Crippen molar-refractivity contribution >= 4 is 5.91 Å². The number of hydrogen-bond donors (Lipinski definition) is 1. The zero-order valence-corrected chi connectivity index (χ0v) is 17.3. The van der Waals surface area contributed by atoms with E-state index in [4.69, 9.17) is 4.42 Å². The third-order valence-corrected chi connectivity index (χ3v) is 6.50. The standard InChI is InChI=1S/C24H33N3O2/c28-24(25-17-21-11-16-29-19-21)22-7-4-12-27(18-22)23-9-14-26(15-10-23)13-8-20-5-2-1-3-6-20/h1-3,5-6,11,16,19,22-23H,4,7-10,12-15,17-18H2,(H,25,28)/t22-/m0/s1.